The van der Waals surface area contributed by atoms with Gasteiger partial charge in [-0.25, -0.2) is 4.79 Å². The number of nitrogens with zero attached hydrogens (tertiary/aromatic N) is 1. The summed E-state index contributed by atoms with van der Waals surface area (Å²) in [7, 11) is 0. The van der Waals surface area contributed by atoms with Crippen LogP contribution in [0.25, 0.3) is 0 Å². The predicted molar refractivity (Wildman–Crippen MR) is 183 cm³/mol. The van der Waals surface area contributed by atoms with Crippen LogP contribution in [-0.4, -0.2) is 64.9 Å². The minimum atomic E-state index is -2.77. The van der Waals surface area contributed by atoms with Crippen molar-refractivity contribution < 1.29 is 38.8 Å². The molecule has 3 aromatic carbocycles. The van der Waals surface area contributed by atoms with E-state index in [2.05, 4.69) is 18.7 Å². The molecular weight excluding hydrogens is 634 g/mol. The quantitative estimate of drug-likeness (QED) is 0.0958. The summed E-state index contributed by atoms with van der Waals surface area (Å²) in [6.45, 7) is 8.27. The molecule has 0 bridgehead atoms. The van der Waals surface area contributed by atoms with E-state index < -0.39 is 47.0 Å². The third kappa shape index (κ3) is 8.56. The first-order valence-corrected chi connectivity index (χ1v) is 17.1. The Kier molecular flexibility index (Phi) is 13.0. The van der Waals surface area contributed by atoms with Gasteiger partial charge in [0.25, 0.3) is 5.06 Å². The summed E-state index contributed by atoms with van der Waals surface area (Å²) in [6.07, 6.45) is 4.74. The van der Waals surface area contributed by atoms with Crippen molar-refractivity contribution in [3.63, 3.8) is 0 Å². The molecule has 9 nitrogen and oxygen atoms in total. The van der Waals surface area contributed by atoms with Crippen molar-refractivity contribution in [1.29, 1.82) is 0 Å². The number of cyclic esters (lactones) is 2. The van der Waals surface area contributed by atoms with Crippen molar-refractivity contribution in [3.05, 3.63) is 102 Å². The largest absolute Gasteiger partial charge is 0.494 e. The molecule has 0 radical (unpaired) electrons. The van der Waals surface area contributed by atoms with Gasteiger partial charge >= 0.3 is 17.9 Å². The molecule has 4 rings (SSSR count). The molecule has 3 atom stereocenters. The summed E-state index contributed by atoms with van der Waals surface area (Å²) in [6, 6.07) is 23.7. The van der Waals surface area contributed by atoms with E-state index in [1.54, 1.807) is 84.9 Å². The summed E-state index contributed by atoms with van der Waals surface area (Å²) in [5, 5.41) is 18.4. The molecule has 1 heterocycles. The highest BCUT2D eigenvalue weighted by Crippen LogP contribution is 2.55. The fraction of sp³-hybridized carbons (Fsp3) is 0.447. The Bertz CT molecular complexity index is 1480. The van der Waals surface area contributed by atoms with Crippen molar-refractivity contribution in [3.8, 4) is 5.75 Å². The van der Waals surface area contributed by atoms with Crippen molar-refractivity contribution in [1.82, 2.24) is 4.90 Å². The van der Waals surface area contributed by atoms with E-state index in [1.807, 2.05) is 0 Å². The van der Waals surface area contributed by atoms with Crippen LogP contribution in [0, 0.1) is 0 Å². The van der Waals surface area contributed by atoms with Gasteiger partial charge in [-0.1, -0.05) is 124 Å². The fourth-order valence-electron chi connectivity index (χ4n) is 6.13. The van der Waals surface area contributed by atoms with Crippen LogP contribution in [0.2, 0.25) is 0 Å². The predicted octanol–water partition coefficient (Wildman–Crippen LogP) is 6.78. The van der Waals surface area contributed by atoms with Crippen molar-refractivity contribution in [2.45, 2.75) is 81.5 Å². The Morgan fingerprint density at radius 1 is 0.750 bits per heavy atom. The molecule has 1 saturated heterocycles. The number of carboxylic acid groups (broad SMARTS) is 1. The number of hydrogen-bond acceptors (Lipinski definition) is 8. The topological polar surface area (TPSA) is 123 Å². The lowest BCUT2D eigenvalue weighted by atomic mass is 9.77. The third-order valence-electron chi connectivity index (χ3n) is 8.86. The maximum Gasteiger partial charge on any atom is 0.336 e. The minimum Gasteiger partial charge on any atom is -0.494 e. The molecule has 0 aromatic heterocycles. The van der Waals surface area contributed by atoms with Crippen LogP contribution < -0.4 is 4.74 Å². The Morgan fingerprint density at radius 2 is 1.25 bits per heavy atom. The molecule has 2 N–H and O–H groups in total. The number of aliphatic hydroxyl groups is 1. The second-order valence-electron chi connectivity index (χ2n) is 12.2. The zero-order chi connectivity index (χ0) is 34.6. The Balaban J connectivity index is 1.60. The first-order valence-electron chi connectivity index (χ1n) is 16.7. The molecule has 0 aliphatic carbocycles. The molecule has 10 heteroatoms. The molecule has 48 heavy (non-hydrogen) atoms. The van der Waals surface area contributed by atoms with Crippen LogP contribution in [0.3, 0.4) is 0 Å². The summed E-state index contributed by atoms with van der Waals surface area (Å²) < 4.78 is 18.2. The molecule has 1 aliphatic heterocycles. The van der Waals surface area contributed by atoms with E-state index in [0.29, 0.717) is 23.5 Å². The van der Waals surface area contributed by atoms with Gasteiger partial charge in [0.15, 0.2) is 5.60 Å². The van der Waals surface area contributed by atoms with Crippen LogP contribution in [0.1, 0.15) is 81.9 Å². The maximum atomic E-state index is 13.6. The number of alkyl halides is 1. The SMILES string of the molecule is CCN(CC)CCCCCCCCOc1ccc(C2(c3ccccc3)OC(=O)CC(O)(C(=O)O)CC(=O)OC2(Cl)c2ccccc2)cc1. The number of esters is 2. The van der Waals surface area contributed by atoms with E-state index in [-0.39, 0.29) is 5.56 Å². The molecular formula is C38H46ClNO8. The highest BCUT2D eigenvalue weighted by atomic mass is 35.5. The molecule has 3 unspecified atom stereocenters. The number of unbranched alkanes of at least 4 members (excludes halogenated alkanes) is 5. The van der Waals surface area contributed by atoms with Crippen molar-refractivity contribution >= 4 is 29.5 Å². The highest BCUT2D eigenvalue weighted by Gasteiger charge is 2.62. The number of carboxylic acids is 1. The fourth-order valence-corrected chi connectivity index (χ4v) is 6.60. The first-order chi connectivity index (χ1) is 23.1. The van der Waals surface area contributed by atoms with Gasteiger partial charge in [-0.3, -0.25) is 9.59 Å². The Hall–Kier alpha value is -3.92. The molecule has 3 aromatic rings. The van der Waals surface area contributed by atoms with Gasteiger partial charge in [-0.2, -0.15) is 0 Å². The molecule has 0 spiro atoms. The molecule has 258 valence electrons. The Morgan fingerprint density at radius 3 is 1.81 bits per heavy atom. The summed E-state index contributed by atoms with van der Waals surface area (Å²) in [4.78, 5) is 41.5. The van der Waals surface area contributed by atoms with Gasteiger partial charge in [0.2, 0.25) is 5.60 Å². The lowest BCUT2D eigenvalue weighted by Gasteiger charge is -2.45. The van der Waals surface area contributed by atoms with E-state index >= 15 is 0 Å². The standard InChI is InChI=1S/C38H46ClNO8/c1-3-40(4-2)25-15-7-5-6-8-16-26-46-32-23-21-30(22-24-32)37(29-17-11-9-12-18-29)38(39,31-19-13-10-14-20-31)48-34(42)28-36(45,35(43)44)27-33(41)47-37/h9-14,17-24,45H,3-8,15-16,25-28H2,1-2H3,(H,43,44). The lowest BCUT2D eigenvalue weighted by molar-refractivity contribution is -0.189. The number of halogens is 1. The van der Waals surface area contributed by atoms with Crippen LogP contribution in [-0.2, 0) is 34.5 Å². The number of aliphatic carboxylic acids is 1. The average molecular weight is 680 g/mol. The van der Waals surface area contributed by atoms with Gasteiger partial charge in [-0.05, 0) is 44.6 Å². The molecule has 0 saturated carbocycles. The Labute approximate surface area is 287 Å². The molecule has 1 aliphatic rings. The summed E-state index contributed by atoms with van der Waals surface area (Å²) in [5.41, 5.74) is -3.82. The van der Waals surface area contributed by atoms with Crippen LogP contribution in [0.15, 0.2) is 84.9 Å². The maximum absolute atomic E-state index is 13.6. The smallest absolute Gasteiger partial charge is 0.336 e. The highest BCUT2D eigenvalue weighted by molar-refractivity contribution is 6.25. The van der Waals surface area contributed by atoms with Crippen LogP contribution in [0.5, 0.6) is 5.75 Å². The zero-order valence-electron chi connectivity index (χ0n) is 27.7. The van der Waals surface area contributed by atoms with Crippen LogP contribution in [0.4, 0.5) is 0 Å². The van der Waals surface area contributed by atoms with Gasteiger partial charge < -0.3 is 29.3 Å². The number of rotatable bonds is 16. The summed E-state index contributed by atoms with van der Waals surface area (Å²) in [5.74, 6) is -3.38. The number of ether oxygens (including phenoxy) is 3. The minimum absolute atomic E-state index is 0.269. The lowest BCUT2D eigenvalue weighted by Crippen LogP contribution is -2.52. The summed E-state index contributed by atoms with van der Waals surface area (Å²) >= 11 is 7.43. The van der Waals surface area contributed by atoms with Gasteiger partial charge in [-0.15, -0.1) is 0 Å². The third-order valence-corrected chi connectivity index (χ3v) is 9.43. The monoisotopic (exact) mass is 679 g/mol. The van der Waals surface area contributed by atoms with Gasteiger partial charge in [0.05, 0.1) is 19.4 Å². The number of hydrogen-bond donors (Lipinski definition) is 2. The second kappa shape index (κ2) is 17.0. The normalized spacial score (nSPS) is 23.0. The van der Waals surface area contributed by atoms with E-state index in [9.17, 15) is 24.6 Å². The van der Waals surface area contributed by atoms with Crippen LogP contribution >= 0.6 is 11.6 Å². The number of carbonyl (C=O) groups is 3. The second-order valence-corrected chi connectivity index (χ2v) is 12.7. The number of benzene rings is 3. The van der Waals surface area contributed by atoms with Gasteiger partial charge in [0.1, 0.15) is 5.75 Å². The van der Waals surface area contributed by atoms with Gasteiger partial charge in [0, 0.05) is 16.7 Å². The zero-order valence-corrected chi connectivity index (χ0v) is 28.5. The molecule has 1 fully saturated rings. The molecule has 0 amide bonds. The van der Waals surface area contributed by atoms with E-state index in [4.69, 9.17) is 25.8 Å². The van der Waals surface area contributed by atoms with Crippen molar-refractivity contribution in [2.24, 2.45) is 0 Å². The van der Waals surface area contributed by atoms with E-state index in [0.717, 1.165) is 38.9 Å². The van der Waals surface area contributed by atoms with E-state index in [1.165, 1.54) is 19.3 Å². The van der Waals surface area contributed by atoms with Crippen molar-refractivity contribution in [2.75, 3.05) is 26.2 Å². The average Bonchev–Trinajstić information content (AvgIpc) is 3.12. The number of carbonyl (C=O) groups excluding carboxylic acids is 2. The first kappa shape index (κ1) is 36.9.